The molecule has 0 bridgehead atoms. The van der Waals surface area contributed by atoms with Crippen LogP contribution in [-0.2, 0) is 9.53 Å². The third-order valence-electron chi connectivity index (χ3n) is 1.90. The Kier molecular flexibility index (Phi) is 3.49. The maximum atomic E-state index is 11.3. The molecule has 4 heteroatoms. The molecular weight excluding hydrogens is 156 g/mol. The minimum Gasteiger partial charge on any atom is -0.381 e. The average molecular weight is 172 g/mol. The second-order valence-electron chi connectivity index (χ2n) is 3.28. The lowest BCUT2D eigenvalue weighted by Gasteiger charge is -2.10. The maximum absolute atomic E-state index is 11.3. The number of ether oxygens (including phenoxy) is 1. The predicted octanol–water partition coefficient (Wildman–Crippen LogP) is -0.514. The summed E-state index contributed by atoms with van der Waals surface area (Å²) in [7, 11) is 0. The van der Waals surface area contributed by atoms with Crippen LogP contribution in [0.25, 0.3) is 0 Å². The second kappa shape index (κ2) is 4.42. The highest BCUT2D eigenvalue weighted by Crippen LogP contribution is 2.11. The van der Waals surface area contributed by atoms with Crippen LogP contribution in [0.1, 0.15) is 13.3 Å². The van der Waals surface area contributed by atoms with E-state index in [1.54, 1.807) is 0 Å². The Morgan fingerprint density at radius 1 is 1.83 bits per heavy atom. The normalized spacial score (nSPS) is 25.3. The van der Waals surface area contributed by atoms with Crippen molar-refractivity contribution in [2.45, 2.75) is 19.4 Å². The summed E-state index contributed by atoms with van der Waals surface area (Å²) < 4.78 is 5.09. The van der Waals surface area contributed by atoms with Crippen LogP contribution in [0.5, 0.6) is 0 Å². The first-order valence-electron chi connectivity index (χ1n) is 4.31. The van der Waals surface area contributed by atoms with Gasteiger partial charge in [0.05, 0.1) is 12.5 Å². The van der Waals surface area contributed by atoms with Crippen LogP contribution in [-0.4, -0.2) is 31.7 Å². The average Bonchev–Trinajstić information content (AvgIpc) is 2.51. The van der Waals surface area contributed by atoms with Crippen molar-refractivity contribution in [3.63, 3.8) is 0 Å². The van der Waals surface area contributed by atoms with E-state index in [9.17, 15) is 4.79 Å². The second-order valence-corrected chi connectivity index (χ2v) is 3.28. The van der Waals surface area contributed by atoms with E-state index in [0.717, 1.165) is 6.42 Å². The van der Waals surface area contributed by atoms with E-state index in [-0.39, 0.29) is 17.9 Å². The molecule has 3 N–H and O–H groups in total. The van der Waals surface area contributed by atoms with Crippen molar-refractivity contribution < 1.29 is 9.53 Å². The zero-order valence-electron chi connectivity index (χ0n) is 7.38. The molecule has 1 aliphatic rings. The number of hydrogen-bond acceptors (Lipinski definition) is 3. The largest absolute Gasteiger partial charge is 0.381 e. The molecule has 12 heavy (non-hydrogen) atoms. The minimum atomic E-state index is 0.0243. The van der Waals surface area contributed by atoms with Crippen LogP contribution in [0.3, 0.4) is 0 Å². The van der Waals surface area contributed by atoms with E-state index in [1.807, 2.05) is 6.92 Å². The fraction of sp³-hybridized carbons (Fsp3) is 0.875. The van der Waals surface area contributed by atoms with Gasteiger partial charge in [-0.1, -0.05) is 0 Å². The van der Waals surface area contributed by atoms with Gasteiger partial charge in [0.2, 0.25) is 5.91 Å². The summed E-state index contributed by atoms with van der Waals surface area (Å²) in [5.41, 5.74) is 5.49. The molecule has 1 amide bonds. The van der Waals surface area contributed by atoms with Crippen LogP contribution in [0, 0.1) is 5.92 Å². The lowest BCUT2D eigenvalue weighted by molar-refractivity contribution is -0.124. The molecule has 0 aromatic heterocycles. The van der Waals surface area contributed by atoms with Crippen molar-refractivity contribution >= 4 is 5.91 Å². The fourth-order valence-electron chi connectivity index (χ4n) is 1.15. The van der Waals surface area contributed by atoms with Crippen LogP contribution in [0.2, 0.25) is 0 Å². The predicted molar refractivity (Wildman–Crippen MR) is 45.6 cm³/mol. The minimum absolute atomic E-state index is 0.0243. The lowest BCUT2D eigenvalue weighted by Crippen LogP contribution is -2.38. The number of nitrogens with one attached hydrogen (secondary N) is 1. The quantitative estimate of drug-likeness (QED) is 0.602. The van der Waals surface area contributed by atoms with Crippen molar-refractivity contribution in [3.05, 3.63) is 0 Å². The molecule has 0 aliphatic carbocycles. The van der Waals surface area contributed by atoms with Gasteiger partial charge in [-0.05, 0) is 13.3 Å². The third-order valence-corrected chi connectivity index (χ3v) is 1.90. The topological polar surface area (TPSA) is 64.3 Å². The Labute approximate surface area is 72.5 Å². The van der Waals surface area contributed by atoms with E-state index in [4.69, 9.17) is 10.5 Å². The van der Waals surface area contributed by atoms with Gasteiger partial charge in [0.15, 0.2) is 0 Å². The zero-order valence-corrected chi connectivity index (χ0v) is 7.38. The van der Waals surface area contributed by atoms with E-state index in [1.165, 1.54) is 0 Å². The van der Waals surface area contributed by atoms with Crippen molar-refractivity contribution in [3.8, 4) is 0 Å². The van der Waals surface area contributed by atoms with Crippen LogP contribution in [0.4, 0.5) is 0 Å². The molecule has 0 radical (unpaired) electrons. The van der Waals surface area contributed by atoms with E-state index < -0.39 is 0 Å². The number of nitrogens with two attached hydrogens (primary N) is 1. The summed E-state index contributed by atoms with van der Waals surface area (Å²) in [6.07, 6.45) is 0.838. The number of hydrogen-bond donors (Lipinski definition) is 2. The van der Waals surface area contributed by atoms with Crippen LogP contribution >= 0.6 is 0 Å². The van der Waals surface area contributed by atoms with Gasteiger partial charge >= 0.3 is 0 Å². The molecule has 0 saturated carbocycles. The van der Waals surface area contributed by atoms with Gasteiger partial charge < -0.3 is 15.8 Å². The van der Waals surface area contributed by atoms with Crippen molar-refractivity contribution in [1.82, 2.24) is 5.32 Å². The molecule has 1 heterocycles. The summed E-state index contributed by atoms with van der Waals surface area (Å²) in [5.74, 6) is 0.119. The monoisotopic (exact) mass is 172 g/mol. The van der Waals surface area contributed by atoms with Gasteiger partial charge in [-0.3, -0.25) is 4.79 Å². The Morgan fingerprint density at radius 2 is 2.58 bits per heavy atom. The molecule has 1 fully saturated rings. The SMILES string of the molecule is CC(N)CNC(=O)C1CCOC1. The van der Waals surface area contributed by atoms with E-state index in [2.05, 4.69) is 5.32 Å². The highest BCUT2D eigenvalue weighted by Gasteiger charge is 2.22. The third kappa shape index (κ3) is 2.79. The molecule has 70 valence electrons. The Morgan fingerprint density at radius 3 is 3.08 bits per heavy atom. The maximum Gasteiger partial charge on any atom is 0.225 e. The van der Waals surface area contributed by atoms with Gasteiger partial charge in [-0.2, -0.15) is 0 Å². The number of carbonyl (C=O) groups is 1. The molecule has 0 spiro atoms. The van der Waals surface area contributed by atoms with Crippen LogP contribution < -0.4 is 11.1 Å². The summed E-state index contributed by atoms with van der Waals surface area (Å²) in [4.78, 5) is 11.3. The molecule has 1 rings (SSSR count). The van der Waals surface area contributed by atoms with Gasteiger partial charge in [0, 0.05) is 19.2 Å². The number of rotatable bonds is 3. The lowest BCUT2D eigenvalue weighted by atomic mass is 10.1. The molecular formula is C8H16N2O2. The number of amides is 1. The summed E-state index contributed by atoms with van der Waals surface area (Å²) in [5, 5.41) is 2.78. The van der Waals surface area contributed by atoms with Crippen molar-refractivity contribution in [2.75, 3.05) is 19.8 Å². The summed E-state index contributed by atoms with van der Waals surface area (Å²) in [6, 6.07) is 0.0243. The highest BCUT2D eigenvalue weighted by molar-refractivity contribution is 5.78. The Balaban J connectivity index is 2.18. The number of carbonyl (C=O) groups excluding carboxylic acids is 1. The molecule has 0 aromatic carbocycles. The standard InChI is InChI=1S/C8H16N2O2/c1-6(9)4-10-8(11)7-2-3-12-5-7/h6-7H,2-5,9H2,1H3,(H,10,11). The molecule has 1 aliphatic heterocycles. The molecule has 2 unspecified atom stereocenters. The first kappa shape index (κ1) is 9.48. The van der Waals surface area contributed by atoms with Gasteiger partial charge in [0.1, 0.15) is 0 Å². The van der Waals surface area contributed by atoms with Crippen molar-refractivity contribution in [1.29, 1.82) is 0 Å². The zero-order chi connectivity index (χ0) is 8.97. The van der Waals surface area contributed by atoms with Gasteiger partial charge in [-0.15, -0.1) is 0 Å². The molecule has 1 saturated heterocycles. The van der Waals surface area contributed by atoms with Crippen molar-refractivity contribution in [2.24, 2.45) is 11.7 Å². The summed E-state index contributed by atoms with van der Waals surface area (Å²) >= 11 is 0. The molecule has 2 atom stereocenters. The van der Waals surface area contributed by atoms with Gasteiger partial charge in [0.25, 0.3) is 0 Å². The fourth-order valence-corrected chi connectivity index (χ4v) is 1.15. The first-order valence-corrected chi connectivity index (χ1v) is 4.31. The van der Waals surface area contributed by atoms with E-state index >= 15 is 0 Å². The van der Waals surface area contributed by atoms with Gasteiger partial charge in [-0.25, -0.2) is 0 Å². The van der Waals surface area contributed by atoms with E-state index in [0.29, 0.717) is 19.8 Å². The van der Waals surface area contributed by atoms with Crippen LogP contribution in [0.15, 0.2) is 0 Å². The molecule has 4 nitrogen and oxygen atoms in total. The highest BCUT2D eigenvalue weighted by atomic mass is 16.5. The smallest absolute Gasteiger partial charge is 0.225 e. The summed E-state index contributed by atoms with van der Waals surface area (Å²) in [6.45, 7) is 3.68. The Bertz CT molecular complexity index is 153. The Hall–Kier alpha value is -0.610. The molecule has 0 aromatic rings. The first-order chi connectivity index (χ1) is 5.70.